The van der Waals surface area contributed by atoms with Gasteiger partial charge in [-0.3, -0.25) is 4.99 Å². The lowest BCUT2D eigenvalue weighted by atomic mass is 10.2. The van der Waals surface area contributed by atoms with E-state index in [9.17, 15) is 0 Å². The Balaban J connectivity index is 2.05. The van der Waals surface area contributed by atoms with Crippen molar-refractivity contribution in [1.82, 2.24) is 4.68 Å². The van der Waals surface area contributed by atoms with Crippen LogP contribution in [0.2, 0.25) is 10.0 Å². The Hall–Kier alpha value is -1.88. The van der Waals surface area contributed by atoms with Crippen molar-refractivity contribution >= 4 is 40.8 Å². The van der Waals surface area contributed by atoms with Gasteiger partial charge in [-0.25, -0.2) is 4.68 Å². The Bertz CT molecular complexity index is 953. The second-order valence-electron chi connectivity index (χ2n) is 5.22. The lowest BCUT2D eigenvalue weighted by molar-refractivity contribution is 0.848. The van der Waals surface area contributed by atoms with Gasteiger partial charge in [0.1, 0.15) is 0 Å². The molecule has 3 rings (SSSR count). The van der Waals surface area contributed by atoms with Crippen molar-refractivity contribution in [2.45, 2.75) is 6.92 Å². The van der Waals surface area contributed by atoms with Crippen LogP contribution in [0.3, 0.4) is 0 Å². The van der Waals surface area contributed by atoms with Gasteiger partial charge < -0.3 is 0 Å². The van der Waals surface area contributed by atoms with Crippen LogP contribution in [0.1, 0.15) is 11.1 Å². The number of rotatable bonds is 3. The summed E-state index contributed by atoms with van der Waals surface area (Å²) in [5.41, 5.74) is 4.11. The highest BCUT2D eigenvalue weighted by Gasteiger charge is 2.09. The van der Waals surface area contributed by atoms with Crippen molar-refractivity contribution in [1.29, 1.82) is 0 Å². The van der Waals surface area contributed by atoms with E-state index >= 15 is 0 Å². The average molecular weight is 376 g/mol. The standard InChI is InChI=1S/C18H15Cl2N3S/c1-12-3-5-13(6-4-12)10-22-23-17(11-24-18(23)21-2)14-7-8-15(19)16(20)9-14/h3-11H,1-2H3. The Morgan fingerprint density at radius 3 is 2.46 bits per heavy atom. The predicted molar refractivity (Wildman–Crippen MR) is 103 cm³/mol. The highest BCUT2D eigenvalue weighted by Crippen LogP contribution is 2.28. The van der Waals surface area contributed by atoms with Crippen LogP contribution in [-0.4, -0.2) is 17.9 Å². The topological polar surface area (TPSA) is 29.6 Å². The van der Waals surface area contributed by atoms with E-state index in [1.54, 1.807) is 13.1 Å². The van der Waals surface area contributed by atoms with Gasteiger partial charge in [0.15, 0.2) is 0 Å². The van der Waals surface area contributed by atoms with Crippen LogP contribution in [-0.2, 0) is 0 Å². The first-order valence-electron chi connectivity index (χ1n) is 7.28. The number of aryl methyl sites for hydroxylation is 1. The zero-order valence-electron chi connectivity index (χ0n) is 13.2. The van der Waals surface area contributed by atoms with Crippen molar-refractivity contribution in [3.8, 4) is 11.3 Å². The molecule has 3 nitrogen and oxygen atoms in total. The van der Waals surface area contributed by atoms with Crippen molar-refractivity contribution in [2.75, 3.05) is 7.05 Å². The van der Waals surface area contributed by atoms with Crippen molar-refractivity contribution in [3.63, 3.8) is 0 Å². The first-order valence-corrected chi connectivity index (χ1v) is 8.92. The molecule has 24 heavy (non-hydrogen) atoms. The zero-order valence-corrected chi connectivity index (χ0v) is 15.5. The van der Waals surface area contributed by atoms with Crippen molar-refractivity contribution < 1.29 is 0 Å². The fraction of sp³-hybridized carbons (Fsp3) is 0.111. The van der Waals surface area contributed by atoms with Crippen LogP contribution in [0.4, 0.5) is 0 Å². The summed E-state index contributed by atoms with van der Waals surface area (Å²) in [5, 5.41) is 7.66. The molecule has 0 N–H and O–H groups in total. The second kappa shape index (κ2) is 7.34. The van der Waals surface area contributed by atoms with Gasteiger partial charge in [0, 0.05) is 18.0 Å². The van der Waals surface area contributed by atoms with E-state index in [0.717, 1.165) is 21.6 Å². The number of hydrogen-bond acceptors (Lipinski definition) is 3. The third-order valence-electron chi connectivity index (χ3n) is 3.49. The minimum Gasteiger partial charge on any atom is -0.261 e. The molecule has 1 heterocycles. The lowest BCUT2D eigenvalue weighted by Crippen LogP contribution is -2.11. The SMILES string of the molecule is CN=c1scc(-c2ccc(Cl)c(Cl)c2)n1N=Cc1ccc(C)cc1. The summed E-state index contributed by atoms with van der Waals surface area (Å²) in [7, 11) is 1.75. The molecule has 0 radical (unpaired) electrons. The number of thiazole rings is 1. The summed E-state index contributed by atoms with van der Waals surface area (Å²) in [6.45, 7) is 2.06. The smallest absolute Gasteiger partial charge is 0.205 e. The summed E-state index contributed by atoms with van der Waals surface area (Å²) in [6.07, 6.45) is 1.82. The highest BCUT2D eigenvalue weighted by atomic mass is 35.5. The van der Waals surface area contributed by atoms with E-state index in [4.69, 9.17) is 23.2 Å². The van der Waals surface area contributed by atoms with Gasteiger partial charge in [0.25, 0.3) is 0 Å². The quantitative estimate of drug-likeness (QED) is 0.560. The van der Waals surface area contributed by atoms with Crippen LogP contribution in [0, 0.1) is 6.92 Å². The third kappa shape index (κ3) is 3.61. The van der Waals surface area contributed by atoms with E-state index in [0.29, 0.717) is 10.0 Å². The molecule has 0 aliphatic heterocycles. The molecule has 0 amide bonds. The first kappa shape index (κ1) is 17.0. The minimum absolute atomic E-state index is 0.518. The lowest BCUT2D eigenvalue weighted by Gasteiger charge is -2.05. The number of benzene rings is 2. The molecule has 0 saturated heterocycles. The Labute approximate surface area is 154 Å². The highest BCUT2D eigenvalue weighted by molar-refractivity contribution is 7.07. The monoisotopic (exact) mass is 375 g/mol. The van der Waals surface area contributed by atoms with Gasteiger partial charge in [-0.1, -0.05) is 59.1 Å². The van der Waals surface area contributed by atoms with E-state index in [-0.39, 0.29) is 0 Å². The Kier molecular flexibility index (Phi) is 5.19. The van der Waals surface area contributed by atoms with E-state index in [1.165, 1.54) is 16.9 Å². The van der Waals surface area contributed by atoms with E-state index < -0.39 is 0 Å². The molecule has 0 fully saturated rings. The maximum atomic E-state index is 6.14. The molecule has 0 saturated carbocycles. The number of hydrogen-bond donors (Lipinski definition) is 0. The van der Waals surface area contributed by atoms with Gasteiger partial charge in [-0.05, 0) is 24.6 Å². The van der Waals surface area contributed by atoms with Crippen molar-refractivity contribution in [3.05, 3.63) is 73.8 Å². The van der Waals surface area contributed by atoms with Crippen LogP contribution < -0.4 is 4.80 Å². The van der Waals surface area contributed by atoms with Crippen LogP contribution in [0.5, 0.6) is 0 Å². The van der Waals surface area contributed by atoms with Crippen LogP contribution >= 0.6 is 34.5 Å². The summed E-state index contributed by atoms with van der Waals surface area (Å²) < 4.78 is 1.81. The number of nitrogens with zero attached hydrogens (tertiary/aromatic N) is 3. The van der Waals surface area contributed by atoms with E-state index in [2.05, 4.69) is 29.2 Å². The first-order chi connectivity index (χ1) is 11.6. The zero-order chi connectivity index (χ0) is 17.1. The molecule has 0 atom stereocenters. The van der Waals surface area contributed by atoms with Gasteiger partial charge in [0.05, 0.1) is 22.0 Å². The molecule has 122 valence electrons. The van der Waals surface area contributed by atoms with E-state index in [1.807, 2.05) is 40.5 Å². The average Bonchev–Trinajstić information content (AvgIpc) is 3.00. The summed E-state index contributed by atoms with van der Waals surface area (Å²) in [5.74, 6) is 0. The fourth-order valence-corrected chi connectivity index (χ4v) is 3.29. The second-order valence-corrected chi connectivity index (χ2v) is 6.87. The number of halogens is 2. The Morgan fingerprint density at radius 1 is 1.04 bits per heavy atom. The molecule has 0 aliphatic rings. The van der Waals surface area contributed by atoms with Crippen LogP contribution in [0.25, 0.3) is 11.3 Å². The predicted octanol–water partition coefficient (Wildman–Crippen LogP) is 5.24. The van der Waals surface area contributed by atoms with Crippen molar-refractivity contribution in [2.24, 2.45) is 10.1 Å². The maximum Gasteiger partial charge on any atom is 0.205 e. The van der Waals surface area contributed by atoms with Crippen LogP contribution in [0.15, 0.2) is 57.9 Å². The third-order valence-corrected chi connectivity index (χ3v) is 5.14. The summed E-state index contributed by atoms with van der Waals surface area (Å²) in [6, 6.07) is 13.7. The number of aromatic nitrogens is 1. The minimum atomic E-state index is 0.518. The molecular formula is C18H15Cl2N3S. The van der Waals surface area contributed by atoms with Gasteiger partial charge in [-0.15, -0.1) is 11.3 Å². The molecule has 0 unspecified atom stereocenters. The normalized spacial score (nSPS) is 12.2. The molecule has 0 spiro atoms. The summed E-state index contributed by atoms with van der Waals surface area (Å²) in [4.78, 5) is 5.10. The molecule has 0 aliphatic carbocycles. The maximum absolute atomic E-state index is 6.14. The molecule has 0 bridgehead atoms. The summed E-state index contributed by atoms with van der Waals surface area (Å²) >= 11 is 13.7. The van der Waals surface area contributed by atoms with Gasteiger partial charge >= 0.3 is 0 Å². The van der Waals surface area contributed by atoms with Gasteiger partial charge in [-0.2, -0.15) is 5.10 Å². The molecule has 1 aromatic heterocycles. The van der Waals surface area contributed by atoms with Gasteiger partial charge in [0.2, 0.25) is 4.80 Å². The fourth-order valence-electron chi connectivity index (χ4n) is 2.19. The molecule has 3 aromatic rings. The largest absolute Gasteiger partial charge is 0.261 e. The Morgan fingerprint density at radius 2 is 1.79 bits per heavy atom. The molecule has 2 aromatic carbocycles. The molecule has 6 heteroatoms. The molecular weight excluding hydrogens is 361 g/mol.